The van der Waals surface area contributed by atoms with Gasteiger partial charge in [-0.2, -0.15) is 5.10 Å². The summed E-state index contributed by atoms with van der Waals surface area (Å²) < 4.78 is 5.39. The highest BCUT2D eigenvalue weighted by Gasteiger charge is 2.30. The van der Waals surface area contributed by atoms with Gasteiger partial charge in [-0.25, -0.2) is 0 Å². The smallest absolute Gasteiger partial charge is 0.249 e. The molecule has 0 saturated carbocycles. The van der Waals surface area contributed by atoms with Crippen molar-refractivity contribution in [3.8, 4) is 0 Å². The van der Waals surface area contributed by atoms with E-state index in [1.54, 1.807) is 0 Å². The number of fused-ring (bicyclic) bond motifs is 1. The Morgan fingerprint density at radius 1 is 1.32 bits per heavy atom. The Hall–Kier alpha value is -1.69. The summed E-state index contributed by atoms with van der Waals surface area (Å²) >= 11 is 0. The van der Waals surface area contributed by atoms with Gasteiger partial charge in [-0.15, -0.1) is 5.10 Å². The van der Waals surface area contributed by atoms with Gasteiger partial charge in [0.1, 0.15) is 6.10 Å². The van der Waals surface area contributed by atoms with Crippen molar-refractivity contribution in [2.75, 3.05) is 31.1 Å². The molecule has 3 aliphatic rings. The average Bonchev–Trinajstić information content (AvgIpc) is 3.16. The van der Waals surface area contributed by atoms with E-state index < -0.39 is 0 Å². The zero-order valence-electron chi connectivity index (χ0n) is 12.8. The number of carbonyl (C=O) groups is 1. The number of rotatable bonds is 4. The fourth-order valence-electron chi connectivity index (χ4n) is 3.50. The van der Waals surface area contributed by atoms with Gasteiger partial charge in [0.2, 0.25) is 5.91 Å². The predicted octanol–water partition coefficient (Wildman–Crippen LogP) is 0.697. The van der Waals surface area contributed by atoms with Crippen LogP contribution in [0.1, 0.15) is 30.5 Å². The summed E-state index contributed by atoms with van der Waals surface area (Å²) in [6, 6.07) is 2.19. The van der Waals surface area contributed by atoms with Crippen molar-refractivity contribution < 1.29 is 9.53 Å². The van der Waals surface area contributed by atoms with Gasteiger partial charge in [-0.3, -0.25) is 4.79 Å². The number of aromatic nitrogens is 2. The van der Waals surface area contributed by atoms with Gasteiger partial charge >= 0.3 is 0 Å². The van der Waals surface area contributed by atoms with Crippen LogP contribution in [0.5, 0.6) is 0 Å². The zero-order valence-corrected chi connectivity index (χ0v) is 12.8. The third kappa shape index (κ3) is 2.67. The van der Waals surface area contributed by atoms with E-state index in [2.05, 4.69) is 26.5 Å². The first-order chi connectivity index (χ1) is 10.8. The number of hydrogen-bond acceptors (Lipinski definition) is 5. The first-order valence-corrected chi connectivity index (χ1v) is 8.29. The monoisotopic (exact) mass is 302 g/mol. The number of anilines is 1. The van der Waals surface area contributed by atoms with Gasteiger partial charge in [0.05, 0.1) is 5.69 Å². The SMILES string of the molecule is O=C(NCC1CN(c2cc3c(nn2)CCC3)C1)C1CCCO1. The van der Waals surface area contributed by atoms with Crippen LogP contribution in [0.2, 0.25) is 0 Å². The lowest BCUT2D eigenvalue weighted by atomic mass is 10.00. The van der Waals surface area contributed by atoms with Crippen LogP contribution >= 0.6 is 0 Å². The summed E-state index contributed by atoms with van der Waals surface area (Å²) in [7, 11) is 0. The highest BCUT2D eigenvalue weighted by molar-refractivity contribution is 5.81. The third-order valence-corrected chi connectivity index (χ3v) is 4.88. The molecule has 2 aliphatic heterocycles. The second kappa shape index (κ2) is 5.83. The van der Waals surface area contributed by atoms with Crippen LogP contribution in [-0.2, 0) is 22.4 Å². The summed E-state index contributed by atoms with van der Waals surface area (Å²) in [6.07, 6.45) is 5.02. The highest BCUT2D eigenvalue weighted by Crippen LogP contribution is 2.26. The molecule has 118 valence electrons. The van der Waals surface area contributed by atoms with E-state index in [0.29, 0.717) is 12.5 Å². The van der Waals surface area contributed by atoms with E-state index in [0.717, 1.165) is 51.1 Å². The van der Waals surface area contributed by atoms with E-state index >= 15 is 0 Å². The van der Waals surface area contributed by atoms with Crippen molar-refractivity contribution >= 4 is 11.7 Å². The van der Waals surface area contributed by atoms with E-state index in [4.69, 9.17) is 4.74 Å². The van der Waals surface area contributed by atoms with Gasteiger partial charge in [0.25, 0.3) is 0 Å². The molecule has 6 nitrogen and oxygen atoms in total. The molecule has 2 saturated heterocycles. The maximum atomic E-state index is 11.9. The number of amides is 1. The molecular formula is C16H22N4O2. The lowest BCUT2D eigenvalue weighted by molar-refractivity contribution is -0.130. The number of ether oxygens (including phenoxy) is 1. The minimum Gasteiger partial charge on any atom is -0.368 e. The molecule has 1 amide bonds. The van der Waals surface area contributed by atoms with Crippen molar-refractivity contribution in [1.82, 2.24) is 15.5 Å². The lowest BCUT2D eigenvalue weighted by Gasteiger charge is -2.40. The molecule has 0 spiro atoms. The molecule has 22 heavy (non-hydrogen) atoms. The van der Waals surface area contributed by atoms with Crippen LogP contribution < -0.4 is 10.2 Å². The Balaban J connectivity index is 1.25. The van der Waals surface area contributed by atoms with E-state index in [1.807, 2.05) is 0 Å². The van der Waals surface area contributed by atoms with E-state index in [-0.39, 0.29) is 12.0 Å². The Bertz CT molecular complexity index is 565. The van der Waals surface area contributed by atoms with Crippen molar-refractivity contribution in [3.05, 3.63) is 17.3 Å². The summed E-state index contributed by atoms with van der Waals surface area (Å²) in [5.74, 6) is 1.54. The molecule has 1 aromatic heterocycles. The van der Waals surface area contributed by atoms with Crippen molar-refractivity contribution in [1.29, 1.82) is 0 Å². The maximum absolute atomic E-state index is 11.9. The Morgan fingerprint density at radius 3 is 3.05 bits per heavy atom. The molecule has 0 bridgehead atoms. The molecule has 1 unspecified atom stereocenters. The minimum absolute atomic E-state index is 0.0493. The molecule has 2 fully saturated rings. The van der Waals surface area contributed by atoms with Crippen molar-refractivity contribution in [2.45, 2.75) is 38.2 Å². The number of aryl methyl sites for hydroxylation is 2. The highest BCUT2D eigenvalue weighted by atomic mass is 16.5. The van der Waals surface area contributed by atoms with Gasteiger partial charge in [0, 0.05) is 32.2 Å². The molecule has 0 radical (unpaired) electrons. The van der Waals surface area contributed by atoms with Gasteiger partial charge in [-0.1, -0.05) is 0 Å². The minimum atomic E-state index is -0.223. The molecule has 4 rings (SSSR count). The summed E-state index contributed by atoms with van der Waals surface area (Å²) in [5, 5.41) is 11.7. The Morgan fingerprint density at radius 2 is 2.23 bits per heavy atom. The van der Waals surface area contributed by atoms with Crippen LogP contribution in [0.25, 0.3) is 0 Å². The van der Waals surface area contributed by atoms with Crippen LogP contribution in [0.4, 0.5) is 5.82 Å². The van der Waals surface area contributed by atoms with Crippen LogP contribution in [0, 0.1) is 5.92 Å². The summed E-state index contributed by atoms with van der Waals surface area (Å²) in [6.45, 7) is 3.33. The molecule has 0 aromatic carbocycles. The lowest BCUT2D eigenvalue weighted by Crippen LogP contribution is -2.52. The number of nitrogens with one attached hydrogen (secondary N) is 1. The van der Waals surface area contributed by atoms with Gasteiger partial charge < -0.3 is 15.0 Å². The Labute approximate surface area is 130 Å². The molecule has 1 N–H and O–H groups in total. The molecule has 6 heteroatoms. The maximum Gasteiger partial charge on any atom is 0.249 e. The van der Waals surface area contributed by atoms with Crippen LogP contribution in [-0.4, -0.2) is 48.4 Å². The third-order valence-electron chi connectivity index (χ3n) is 4.88. The normalized spacial score (nSPS) is 24.2. The fourth-order valence-corrected chi connectivity index (χ4v) is 3.50. The standard InChI is InChI=1S/C16H22N4O2/c21-16(14-5-2-6-22-14)17-8-11-9-20(10-11)15-7-12-3-1-4-13(12)18-19-15/h7,11,14H,1-6,8-10H2,(H,17,21). The van der Waals surface area contributed by atoms with E-state index in [9.17, 15) is 4.79 Å². The van der Waals surface area contributed by atoms with Crippen molar-refractivity contribution in [2.24, 2.45) is 5.92 Å². The predicted molar refractivity (Wildman–Crippen MR) is 81.7 cm³/mol. The molecule has 1 atom stereocenters. The first-order valence-electron chi connectivity index (χ1n) is 8.29. The topological polar surface area (TPSA) is 67.4 Å². The zero-order chi connectivity index (χ0) is 14.9. The second-order valence-corrected chi connectivity index (χ2v) is 6.55. The van der Waals surface area contributed by atoms with E-state index in [1.165, 1.54) is 17.7 Å². The number of carbonyl (C=O) groups excluding carboxylic acids is 1. The molecule has 1 aromatic rings. The molecule has 1 aliphatic carbocycles. The fraction of sp³-hybridized carbons (Fsp3) is 0.688. The summed E-state index contributed by atoms with van der Waals surface area (Å²) in [5.41, 5.74) is 2.53. The number of nitrogens with zero attached hydrogens (tertiary/aromatic N) is 3. The molecule has 3 heterocycles. The average molecular weight is 302 g/mol. The van der Waals surface area contributed by atoms with Crippen LogP contribution in [0.15, 0.2) is 6.07 Å². The van der Waals surface area contributed by atoms with Crippen LogP contribution in [0.3, 0.4) is 0 Å². The van der Waals surface area contributed by atoms with Gasteiger partial charge in [0.15, 0.2) is 5.82 Å². The largest absolute Gasteiger partial charge is 0.368 e. The molecular weight excluding hydrogens is 280 g/mol. The quantitative estimate of drug-likeness (QED) is 0.886. The first kappa shape index (κ1) is 13.9. The second-order valence-electron chi connectivity index (χ2n) is 6.55. The Kier molecular flexibility index (Phi) is 3.70. The van der Waals surface area contributed by atoms with Crippen molar-refractivity contribution in [3.63, 3.8) is 0 Å². The van der Waals surface area contributed by atoms with Gasteiger partial charge in [-0.05, 0) is 43.7 Å². The summed E-state index contributed by atoms with van der Waals surface area (Å²) in [4.78, 5) is 14.1. The number of hydrogen-bond donors (Lipinski definition) is 1.